The number of aromatic amines is 1. The molecule has 3 aromatic carbocycles. The zero-order chi connectivity index (χ0) is 20.1. The minimum absolute atomic E-state index is 0.164. The van der Waals surface area contributed by atoms with Crippen molar-refractivity contribution in [2.75, 3.05) is 5.32 Å². The van der Waals surface area contributed by atoms with Crippen LogP contribution in [0.5, 0.6) is 0 Å². The molecular formula is C24H19N3O2. The second-order valence-corrected chi connectivity index (χ2v) is 6.52. The Bertz CT molecular complexity index is 1180. The molecule has 0 bridgehead atoms. The summed E-state index contributed by atoms with van der Waals surface area (Å²) >= 11 is 0. The van der Waals surface area contributed by atoms with Gasteiger partial charge in [0, 0.05) is 23.0 Å². The number of aromatic nitrogens is 1. The van der Waals surface area contributed by atoms with E-state index in [9.17, 15) is 9.59 Å². The molecule has 0 radical (unpaired) electrons. The van der Waals surface area contributed by atoms with E-state index >= 15 is 0 Å². The number of amides is 2. The monoisotopic (exact) mass is 381 g/mol. The maximum absolute atomic E-state index is 13.0. The Morgan fingerprint density at radius 1 is 0.828 bits per heavy atom. The molecule has 1 heterocycles. The number of carbonyl (C=O) groups is 2. The molecule has 0 atom stereocenters. The van der Waals surface area contributed by atoms with Crippen LogP contribution in [0.3, 0.4) is 0 Å². The highest BCUT2D eigenvalue weighted by Crippen LogP contribution is 2.18. The molecule has 0 aliphatic heterocycles. The topological polar surface area (TPSA) is 74.0 Å². The number of rotatable bonds is 5. The van der Waals surface area contributed by atoms with Crippen LogP contribution in [0.25, 0.3) is 17.0 Å². The minimum atomic E-state index is -0.399. The number of fused-ring (bicyclic) bond motifs is 1. The third-order valence-electron chi connectivity index (χ3n) is 4.45. The third-order valence-corrected chi connectivity index (χ3v) is 4.45. The maximum Gasteiger partial charge on any atom is 0.272 e. The fourth-order valence-corrected chi connectivity index (χ4v) is 2.98. The van der Waals surface area contributed by atoms with Gasteiger partial charge in [0.25, 0.3) is 11.8 Å². The molecule has 5 nitrogen and oxygen atoms in total. The number of nitrogens with one attached hydrogen (secondary N) is 3. The van der Waals surface area contributed by atoms with Crippen LogP contribution in [0, 0.1) is 0 Å². The zero-order valence-electron chi connectivity index (χ0n) is 15.6. The van der Waals surface area contributed by atoms with Crippen molar-refractivity contribution in [2.45, 2.75) is 0 Å². The number of hydrogen-bond acceptors (Lipinski definition) is 2. The van der Waals surface area contributed by atoms with Crippen molar-refractivity contribution in [1.82, 2.24) is 10.3 Å². The Kier molecular flexibility index (Phi) is 5.21. The van der Waals surface area contributed by atoms with E-state index in [1.807, 2.05) is 66.9 Å². The molecule has 0 unspecified atom stereocenters. The molecule has 142 valence electrons. The lowest BCUT2D eigenvalue weighted by atomic mass is 10.1. The molecule has 0 aliphatic rings. The summed E-state index contributed by atoms with van der Waals surface area (Å²) in [7, 11) is 0. The molecule has 5 heteroatoms. The summed E-state index contributed by atoms with van der Waals surface area (Å²) in [6, 6.07) is 25.7. The van der Waals surface area contributed by atoms with Crippen molar-refractivity contribution in [3.8, 4) is 0 Å². The molecule has 1 aromatic heterocycles. The highest BCUT2D eigenvalue weighted by molar-refractivity contribution is 6.11. The van der Waals surface area contributed by atoms with Gasteiger partial charge in [-0.3, -0.25) is 9.59 Å². The van der Waals surface area contributed by atoms with Gasteiger partial charge < -0.3 is 15.6 Å². The van der Waals surface area contributed by atoms with Crippen molar-refractivity contribution in [2.24, 2.45) is 0 Å². The molecule has 3 N–H and O–H groups in total. The molecule has 4 rings (SSSR count). The van der Waals surface area contributed by atoms with Crippen LogP contribution >= 0.6 is 0 Å². The lowest BCUT2D eigenvalue weighted by Crippen LogP contribution is -2.30. The second kappa shape index (κ2) is 8.27. The Hall–Kier alpha value is -4.12. The van der Waals surface area contributed by atoms with Crippen molar-refractivity contribution in [1.29, 1.82) is 0 Å². The first-order valence-electron chi connectivity index (χ1n) is 9.21. The first-order chi connectivity index (χ1) is 14.2. The summed E-state index contributed by atoms with van der Waals surface area (Å²) in [5, 5.41) is 6.65. The van der Waals surface area contributed by atoms with Gasteiger partial charge in [-0.25, -0.2) is 0 Å². The Labute approximate surface area is 168 Å². The summed E-state index contributed by atoms with van der Waals surface area (Å²) in [6.07, 6.45) is 3.50. The van der Waals surface area contributed by atoms with Gasteiger partial charge >= 0.3 is 0 Å². The van der Waals surface area contributed by atoms with E-state index in [1.54, 1.807) is 30.3 Å². The lowest BCUT2D eigenvalue weighted by Gasteiger charge is -2.11. The number of anilines is 1. The second-order valence-electron chi connectivity index (χ2n) is 6.52. The summed E-state index contributed by atoms with van der Waals surface area (Å²) in [5.74, 6) is -0.744. The van der Waals surface area contributed by atoms with Crippen LogP contribution in [-0.4, -0.2) is 16.8 Å². The maximum atomic E-state index is 13.0. The van der Waals surface area contributed by atoms with Gasteiger partial charge in [0.05, 0.1) is 0 Å². The van der Waals surface area contributed by atoms with Crippen LogP contribution in [0.1, 0.15) is 15.9 Å². The molecule has 0 saturated heterocycles. The normalized spacial score (nSPS) is 11.2. The number of H-pyrrole nitrogens is 1. The van der Waals surface area contributed by atoms with E-state index in [2.05, 4.69) is 15.6 Å². The van der Waals surface area contributed by atoms with E-state index in [0.29, 0.717) is 11.3 Å². The average Bonchev–Trinajstić information content (AvgIpc) is 3.22. The van der Waals surface area contributed by atoms with Crippen molar-refractivity contribution < 1.29 is 9.59 Å². The number of hydrogen-bond donors (Lipinski definition) is 3. The van der Waals surface area contributed by atoms with Gasteiger partial charge in [0.2, 0.25) is 0 Å². The van der Waals surface area contributed by atoms with Gasteiger partial charge in [-0.15, -0.1) is 0 Å². The highest BCUT2D eigenvalue weighted by atomic mass is 16.2. The van der Waals surface area contributed by atoms with Crippen LogP contribution in [-0.2, 0) is 4.79 Å². The van der Waals surface area contributed by atoms with Crippen LogP contribution in [0.2, 0.25) is 0 Å². The van der Waals surface area contributed by atoms with E-state index in [1.165, 1.54) is 0 Å². The third kappa shape index (κ3) is 4.42. The van der Waals surface area contributed by atoms with E-state index in [0.717, 1.165) is 16.5 Å². The molecule has 4 aromatic rings. The molecule has 29 heavy (non-hydrogen) atoms. The molecule has 0 saturated carbocycles. The smallest absolute Gasteiger partial charge is 0.272 e. The quantitative estimate of drug-likeness (QED) is 0.443. The Morgan fingerprint density at radius 2 is 1.55 bits per heavy atom. The summed E-state index contributed by atoms with van der Waals surface area (Å²) < 4.78 is 0. The fraction of sp³-hybridized carbons (Fsp3) is 0. The van der Waals surface area contributed by atoms with Gasteiger partial charge in [-0.05, 0) is 47.4 Å². The van der Waals surface area contributed by atoms with Crippen LogP contribution in [0.15, 0.2) is 96.8 Å². The summed E-state index contributed by atoms with van der Waals surface area (Å²) in [4.78, 5) is 28.7. The van der Waals surface area contributed by atoms with E-state index in [4.69, 9.17) is 0 Å². The zero-order valence-corrected chi connectivity index (χ0v) is 15.6. The Balaban J connectivity index is 1.60. The van der Waals surface area contributed by atoms with Crippen molar-refractivity contribution in [3.05, 3.63) is 108 Å². The minimum Gasteiger partial charge on any atom is -0.361 e. The van der Waals surface area contributed by atoms with Gasteiger partial charge in [0.15, 0.2) is 0 Å². The predicted molar refractivity (Wildman–Crippen MR) is 115 cm³/mol. The predicted octanol–water partition coefficient (Wildman–Crippen LogP) is 4.58. The SMILES string of the molecule is O=C(Nc1ccc2cc[nH]c2c1)/C(=C\c1ccccc1)NC(=O)c1ccccc1. The van der Waals surface area contributed by atoms with Crippen molar-refractivity contribution in [3.63, 3.8) is 0 Å². The van der Waals surface area contributed by atoms with Crippen molar-refractivity contribution >= 4 is 34.5 Å². The number of benzene rings is 3. The largest absolute Gasteiger partial charge is 0.361 e. The van der Waals surface area contributed by atoms with Gasteiger partial charge in [-0.2, -0.15) is 0 Å². The van der Waals surface area contributed by atoms with E-state index < -0.39 is 5.91 Å². The molecule has 0 fully saturated rings. The molecule has 2 amide bonds. The summed E-state index contributed by atoms with van der Waals surface area (Å²) in [5.41, 5.74) is 3.01. The van der Waals surface area contributed by atoms with Gasteiger partial charge in [-0.1, -0.05) is 54.6 Å². The molecule has 0 aliphatic carbocycles. The lowest BCUT2D eigenvalue weighted by molar-refractivity contribution is -0.113. The fourth-order valence-electron chi connectivity index (χ4n) is 2.98. The van der Waals surface area contributed by atoms with Crippen LogP contribution in [0.4, 0.5) is 5.69 Å². The summed E-state index contributed by atoms with van der Waals surface area (Å²) in [6.45, 7) is 0. The Morgan fingerprint density at radius 3 is 2.31 bits per heavy atom. The standard InChI is InChI=1S/C24H19N3O2/c28-23(19-9-5-2-6-10-19)27-22(15-17-7-3-1-4-8-17)24(29)26-20-12-11-18-13-14-25-21(18)16-20/h1-16,25H,(H,26,29)(H,27,28)/b22-15+. The highest BCUT2D eigenvalue weighted by Gasteiger charge is 2.15. The van der Waals surface area contributed by atoms with E-state index in [-0.39, 0.29) is 11.6 Å². The molecule has 0 spiro atoms. The number of carbonyl (C=O) groups excluding carboxylic acids is 2. The van der Waals surface area contributed by atoms with Gasteiger partial charge in [0.1, 0.15) is 5.70 Å². The first kappa shape index (κ1) is 18.3. The first-order valence-corrected chi connectivity index (χ1v) is 9.21. The van der Waals surface area contributed by atoms with Crippen LogP contribution < -0.4 is 10.6 Å². The molecular weight excluding hydrogens is 362 g/mol. The average molecular weight is 381 g/mol.